The fourth-order valence-electron chi connectivity index (χ4n) is 4.63. The molecule has 0 aliphatic heterocycles. The number of carbonyl (C=O) groups is 1. The molecular formula is C29H40N2O2. The number of phenolic OH excluding ortho intramolecular Hbond substituents is 1. The van der Waals surface area contributed by atoms with Crippen LogP contribution in [-0.2, 0) is 10.2 Å². The summed E-state index contributed by atoms with van der Waals surface area (Å²) in [6.45, 7) is 16.6. The molecule has 1 aromatic carbocycles. The zero-order chi connectivity index (χ0) is 24.4. The van der Waals surface area contributed by atoms with Crippen molar-refractivity contribution in [3.63, 3.8) is 0 Å². The number of allylic oxidation sites excluding steroid dienone is 4. The maximum absolute atomic E-state index is 13.1. The van der Waals surface area contributed by atoms with Crippen LogP contribution in [0.4, 0.5) is 0 Å². The summed E-state index contributed by atoms with van der Waals surface area (Å²) in [6, 6.07) is 6.13. The van der Waals surface area contributed by atoms with E-state index in [0.29, 0.717) is 12.2 Å². The first kappa shape index (κ1) is 25.0. The van der Waals surface area contributed by atoms with Crippen molar-refractivity contribution in [2.24, 2.45) is 10.4 Å². The molecular weight excluding hydrogens is 408 g/mol. The van der Waals surface area contributed by atoms with Crippen LogP contribution in [0, 0.1) is 5.41 Å². The summed E-state index contributed by atoms with van der Waals surface area (Å²) in [4.78, 5) is 17.9. The predicted octanol–water partition coefficient (Wildman–Crippen LogP) is 6.39. The van der Waals surface area contributed by atoms with Gasteiger partial charge in [0.1, 0.15) is 5.75 Å². The molecule has 0 spiro atoms. The molecule has 0 saturated heterocycles. The molecule has 4 heteroatoms. The Bertz CT molecular complexity index is 999. The number of phenols is 1. The van der Waals surface area contributed by atoms with Gasteiger partial charge in [-0.05, 0) is 35.3 Å². The van der Waals surface area contributed by atoms with Gasteiger partial charge in [-0.15, -0.1) is 0 Å². The summed E-state index contributed by atoms with van der Waals surface area (Å²) < 4.78 is 0. The van der Waals surface area contributed by atoms with Crippen molar-refractivity contribution in [2.75, 3.05) is 0 Å². The number of aliphatic imine (C=N–C) groups is 1. The highest BCUT2D eigenvalue weighted by molar-refractivity contribution is 6.10. The summed E-state index contributed by atoms with van der Waals surface area (Å²) >= 11 is 0. The minimum Gasteiger partial charge on any atom is -0.507 e. The fraction of sp³-hybridized carbons (Fsp3) is 0.517. The molecule has 0 bridgehead atoms. The van der Waals surface area contributed by atoms with Gasteiger partial charge in [0.25, 0.3) is 0 Å². The van der Waals surface area contributed by atoms with Crippen LogP contribution in [0.1, 0.15) is 84.8 Å². The van der Waals surface area contributed by atoms with Crippen molar-refractivity contribution in [3.8, 4) is 5.75 Å². The molecule has 0 amide bonds. The summed E-state index contributed by atoms with van der Waals surface area (Å²) in [5, 5.41) is 14.3. The Hall–Kier alpha value is -2.62. The molecule has 2 aliphatic rings. The lowest BCUT2D eigenvalue weighted by Crippen LogP contribution is -2.39. The van der Waals surface area contributed by atoms with Gasteiger partial charge in [0.15, 0.2) is 5.78 Å². The highest BCUT2D eigenvalue weighted by atomic mass is 16.3. The predicted molar refractivity (Wildman–Crippen MR) is 138 cm³/mol. The molecule has 0 radical (unpaired) electrons. The lowest BCUT2D eigenvalue weighted by Gasteiger charge is -2.30. The van der Waals surface area contributed by atoms with Gasteiger partial charge < -0.3 is 10.4 Å². The first-order valence-corrected chi connectivity index (χ1v) is 12.1. The van der Waals surface area contributed by atoms with Crippen LogP contribution in [0.15, 0.2) is 58.8 Å². The van der Waals surface area contributed by atoms with Gasteiger partial charge in [-0.25, -0.2) is 0 Å². The molecule has 33 heavy (non-hydrogen) atoms. The second kappa shape index (κ2) is 9.70. The normalized spacial score (nSPS) is 23.8. The number of nitrogens with zero attached hydrogens (tertiary/aromatic N) is 1. The van der Waals surface area contributed by atoms with E-state index < -0.39 is 0 Å². The van der Waals surface area contributed by atoms with Crippen LogP contribution in [0.25, 0.3) is 0 Å². The number of aromatic hydroxyl groups is 1. The maximum Gasteiger partial charge on any atom is 0.187 e. The number of para-hydroxylation sites is 1. The highest BCUT2D eigenvalue weighted by Gasteiger charge is 2.30. The SMILES string of the molecule is C=C1C=C(C(C)(C)C)C(=O)C(=CN[C@@H]2CCCC[C@H]2N=Cc2cccc(C(C)(C)C)c2O)C1. The average molecular weight is 449 g/mol. The molecule has 2 atom stereocenters. The molecule has 1 fully saturated rings. The molecule has 4 nitrogen and oxygen atoms in total. The van der Waals surface area contributed by atoms with Crippen LogP contribution in [0.3, 0.4) is 0 Å². The van der Waals surface area contributed by atoms with Gasteiger partial charge in [0.2, 0.25) is 0 Å². The minimum atomic E-state index is -0.208. The van der Waals surface area contributed by atoms with E-state index in [9.17, 15) is 9.90 Å². The van der Waals surface area contributed by atoms with Gasteiger partial charge in [-0.2, -0.15) is 0 Å². The van der Waals surface area contributed by atoms with E-state index in [1.807, 2.05) is 36.7 Å². The number of ketones is 1. The third kappa shape index (κ3) is 6.04. The molecule has 1 aromatic rings. The summed E-state index contributed by atoms with van der Waals surface area (Å²) in [7, 11) is 0. The average Bonchev–Trinajstić information content (AvgIpc) is 2.72. The zero-order valence-electron chi connectivity index (χ0n) is 21.2. The zero-order valence-corrected chi connectivity index (χ0v) is 21.2. The first-order chi connectivity index (χ1) is 15.4. The smallest absolute Gasteiger partial charge is 0.187 e. The van der Waals surface area contributed by atoms with E-state index in [-0.39, 0.29) is 28.7 Å². The van der Waals surface area contributed by atoms with Crippen LogP contribution >= 0.6 is 0 Å². The standard InChI is InChI=1S/C29H40N2O2/c1-19-15-21(27(33)23(16-19)29(5,6)7)18-31-25-14-9-8-13-24(25)30-17-20-11-10-12-22(26(20)32)28(2,3)4/h10-12,16-18,24-25,31-32H,1,8-9,13-15H2,2-7H3/t24-,25-/m1/s1. The van der Waals surface area contributed by atoms with Crippen LogP contribution in [0.2, 0.25) is 0 Å². The number of hydrogen-bond acceptors (Lipinski definition) is 4. The van der Waals surface area contributed by atoms with Crippen molar-refractivity contribution in [1.82, 2.24) is 5.32 Å². The Morgan fingerprint density at radius 1 is 1.09 bits per heavy atom. The highest BCUT2D eigenvalue weighted by Crippen LogP contribution is 2.35. The van der Waals surface area contributed by atoms with Crippen LogP contribution < -0.4 is 5.32 Å². The van der Waals surface area contributed by atoms with Gasteiger partial charge in [-0.3, -0.25) is 9.79 Å². The van der Waals surface area contributed by atoms with Crippen molar-refractivity contribution in [1.29, 1.82) is 0 Å². The van der Waals surface area contributed by atoms with Gasteiger partial charge in [0, 0.05) is 41.6 Å². The number of nitrogens with one attached hydrogen (secondary N) is 1. The molecule has 2 aliphatic carbocycles. The van der Waals surface area contributed by atoms with E-state index in [2.05, 4.69) is 53.4 Å². The lowest BCUT2D eigenvalue weighted by atomic mass is 9.77. The molecule has 2 N–H and O–H groups in total. The van der Waals surface area contributed by atoms with Gasteiger partial charge in [0.05, 0.1) is 6.04 Å². The lowest BCUT2D eigenvalue weighted by molar-refractivity contribution is -0.113. The van der Waals surface area contributed by atoms with Crippen molar-refractivity contribution in [2.45, 2.75) is 91.1 Å². The topological polar surface area (TPSA) is 61.7 Å². The molecule has 0 unspecified atom stereocenters. The Morgan fingerprint density at radius 2 is 1.79 bits per heavy atom. The number of carbonyl (C=O) groups excluding carboxylic acids is 1. The van der Waals surface area contributed by atoms with E-state index in [1.54, 1.807) is 0 Å². The second-order valence-electron chi connectivity index (χ2n) is 11.5. The molecule has 3 rings (SSSR count). The van der Waals surface area contributed by atoms with Gasteiger partial charge in [-0.1, -0.05) is 84.7 Å². The van der Waals surface area contributed by atoms with Crippen LogP contribution in [0.5, 0.6) is 5.75 Å². The Kier molecular flexibility index (Phi) is 7.36. The van der Waals surface area contributed by atoms with Crippen molar-refractivity contribution >= 4 is 12.0 Å². The Balaban J connectivity index is 1.78. The molecule has 1 saturated carbocycles. The summed E-state index contributed by atoms with van der Waals surface area (Å²) in [6.07, 6.45) is 10.5. The molecule has 178 valence electrons. The van der Waals surface area contributed by atoms with E-state index >= 15 is 0 Å². The van der Waals surface area contributed by atoms with Crippen LogP contribution in [-0.4, -0.2) is 29.2 Å². The number of rotatable bonds is 4. The number of benzene rings is 1. The minimum absolute atomic E-state index is 0.104. The second-order valence-corrected chi connectivity index (χ2v) is 11.5. The maximum atomic E-state index is 13.1. The largest absolute Gasteiger partial charge is 0.507 e. The van der Waals surface area contributed by atoms with E-state index in [1.165, 1.54) is 0 Å². The summed E-state index contributed by atoms with van der Waals surface area (Å²) in [5.74, 6) is 0.422. The van der Waals surface area contributed by atoms with E-state index in [4.69, 9.17) is 4.99 Å². The quantitative estimate of drug-likeness (QED) is 0.414. The third-order valence-corrected chi connectivity index (χ3v) is 6.59. The van der Waals surface area contributed by atoms with Gasteiger partial charge >= 0.3 is 0 Å². The number of Topliss-reactive ketones (excluding diaryl/α,β-unsaturated/α-hetero) is 1. The first-order valence-electron chi connectivity index (χ1n) is 12.1. The summed E-state index contributed by atoms with van der Waals surface area (Å²) in [5.41, 5.74) is 3.90. The van der Waals surface area contributed by atoms with Crippen molar-refractivity contribution < 1.29 is 9.90 Å². The van der Waals surface area contributed by atoms with E-state index in [0.717, 1.165) is 53.5 Å². The monoisotopic (exact) mass is 448 g/mol. The fourth-order valence-corrected chi connectivity index (χ4v) is 4.63. The molecule has 0 aromatic heterocycles. The van der Waals surface area contributed by atoms with Crippen molar-refractivity contribution in [3.05, 3.63) is 64.9 Å². The Labute approximate surface area is 199 Å². The Morgan fingerprint density at radius 3 is 2.45 bits per heavy atom. The number of hydrogen-bond donors (Lipinski definition) is 2. The third-order valence-electron chi connectivity index (χ3n) is 6.59. The molecule has 0 heterocycles.